The van der Waals surface area contributed by atoms with Crippen LogP contribution in [-0.4, -0.2) is 11.3 Å². The third kappa shape index (κ3) is 3.56. The van der Waals surface area contributed by atoms with Crippen molar-refractivity contribution < 1.29 is 5.11 Å². The predicted molar refractivity (Wildman–Crippen MR) is 94.7 cm³/mol. The van der Waals surface area contributed by atoms with E-state index in [1.165, 1.54) is 11.1 Å². The van der Waals surface area contributed by atoms with Crippen LogP contribution in [0.4, 0.5) is 5.69 Å². The van der Waals surface area contributed by atoms with Gasteiger partial charge in [-0.3, -0.25) is 4.99 Å². The summed E-state index contributed by atoms with van der Waals surface area (Å²) in [7, 11) is 0. The molecular weight excluding hydrogens is 270 g/mol. The van der Waals surface area contributed by atoms with Crippen molar-refractivity contribution in [2.45, 2.75) is 47.0 Å². The highest BCUT2D eigenvalue weighted by Gasteiger charge is 2.20. The zero-order valence-electron chi connectivity index (χ0n) is 14.4. The summed E-state index contributed by atoms with van der Waals surface area (Å²) in [5.41, 5.74) is 6.13. The molecule has 0 saturated carbocycles. The summed E-state index contributed by atoms with van der Waals surface area (Å²) in [6.45, 7) is 12.5. The van der Waals surface area contributed by atoms with E-state index in [4.69, 9.17) is 0 Å². The first-order valence-electron chi connectivity index (χ1n) is 7.64. The van der Waals surface area contributed by atoms with E-state index >= 15 is 0 Å². The fraction of sp³-hybridized carbons (Fsp3) is 0.350. The molecular formula is C20H25NO. The number of phenols is 1. The molecule has 0 saturated heterocycles. The smallest absolute Gasteiger partial charge is 0.128 e. The van der Waals surface area contributed by atoms with Crippen LogP contribution in [0.1, 0.15) is 48.6 Å². The summed E-state index contributed by atoms with van der Waals surface area (Å²) >= 11 is 0. The van der Waals surface area contributed by atoms with Gasteiger partial charge in [0, 0.05) is 17.3 Å². The lowest BCUT2D eigenvalue weighted by atomic mass is 9.84. The van der Waals surface area contributed by atoms with Gasteiger partial charge in [-0.15, -0.1) is 0 Å². The average Bonchev–Trinajstić information content (AvgIpc) is 2.42. The van der Waals surface area contributed by atoms with Crippen molar-refractivity contribution in [1.82, 2.24) is 0 Å². The number of hydrogen-bond donors (Lipinski definition) is 1. The van der Waals surface area contributed by atoms with Crippen molar-refractivity contribution in [2.24, 2.45) is 4.99 Å². The Bertz CT molecular complexity index is 721. The number of aromatic hydroxyl groups is 1. The van der Waals surface area contributed by atoms with Crippen LogP contribution in [0.25, 0.3) is 0 Å². The summed E-state index contributed by atoms with van der Waals surface area (Å²) in [5.74, 6) is 0.325. The van der Waals surface area contributed by atoms with E-state index < -0.39 is 0 Å². The Morgan fingerprint density at radius 1 is 0.955 bits per heavy atom. The highest BCUT2D eigenvalue weighted by Crippen LogP contribution is 2.34. The van der Waals surface area contributed by atoms with Crippen molar-refractivity contribution in [1.29, 1.82) is 0 Å². The molecule has 0 bridgehead atoms. The van der Waals surface area contributed by atoms with Crippen LogP contribution in [0.3, 0.4) is 0 Å². The molecule has 1 N–H and O–H groups in total. The Kier molecular flexibility index (Phi) is 4.41. The highest BCUT2D eigenvalue weighted by molar-refractivity contribution is 5.86. The van der Waals surface area contributed by atoms with E-state index in [0.717, 1.165) is 22.4 Å². The van der Waals surface area contributed by atoms with Crippen LogP contribution in [0.5, 0.6) is 5.75 Å². The fourth-order valence-electron chi connectivity index (χ4n) is 2.43. The van der Waals surface area contributed by atoms with Gasteiger partial charge >= 0.3 is 0 Å². The number of phenolic OH excluding ortho intramolecular Hbond substituents is 1. The SMILES string of the molecule is Cc1cc(C=Nc2ccc(C)c(C)c2)c(O)c(C(C)(C)C)c1. The van der Waals surface area contributed by atoms with E-state index in [0.29, 0.717) is 5.75 Å². The van der Waals surface area contributed by atoms with E-state index in [1.54, 1.807) is 6.21 Å². The molecule has 0 spiro atoms. The van der Waals surface area contributed by atoms with Gasteiger partial charge in [-0.1, -0.05) is 32.9 Å². The Labute approximate surface area is 133 Å². The van der Waals surface area contributed by atoms with E-state index in [2.05, 4.69) is 51.7 Å². The van der Waals surface area contributed by atoms with Gasteiger partial charge in [-0.05, 0) is 61.1 Å². The maximum Gasteiger partial charge on any atom is 0.128 e. The second-order valence-corrected chi connectivity index (χ2v) is 7.03. The van der Waals surface area contributed by atoms with Crippen LogP contribution < -0.4 is 0 Å². The Morgan fingerprint density at radius 2 is 1.64 bits per heavy atom. The average molecular weight is 295 g/mol. The van der Waals surface area contributed by atoms with Crippen LogP contribution in [0.2, 0.25) is 0 Å². The lowest BCUT2D eigenvalue weighted by molar-refractivity contribution is 0.445. The molecule has 0 amide bonds. The van der Waals surface area contributed by atoms with Gasteiger partial charge in [0.25, 0.3) is 0 Å². The quantitative estimate of drug-likeness (QED) is 0.743. The zero-order chi connectivity index (χ0) is 16.5. The summed E-state index contributed by atoms with van der Waals surface area (Å²) in [6.07, 6.45) is 1.75. The second-order valence-electron chi connectivity index (χ2n) is 7.03. The van der Waals surface area contributed by atoms with Gasteiger partial charge in [-0.25, -0.2) is 0 Å². The van der Waals surface area contributed by atoms with Crippen molar-refractivity contribution in [3.8, 4) is 5.75 Å². The number of aliphatic imine (C=N–C) groups is 1. The molecule has 0 atom stereocenters. The molecule has 2 heteroatoms. The summed E-state index contributed by atoms with van der Waals surface area (Å²) in [4.78, 5) is 4.52. The summed E-state index contributed by atoms with van der Waals surface area (Å²) in [5, 5.41) is 10.5. The molecule has 0 aromatic heterocycles. The van der Waals surface area contributed by atoms with Gasteiger partial charge in [0.1, 0.15) is 5.75 Å². The Morgan fingerprint density at radius 3 is 2.23 bits per heavy atom. The number of rotatable bonds is 2. The molecule has 2 aromatic rings. The highest BCUT2D eigenvalue weighted by atomic mass is 16.3. The van der Waals surface area contributed by atoms with E-state index in [1.807, 2.05) is 25.1 Å². The van der Waals surface area contributed by atoms with Crippen LogP contribution in [0.15, 0.2) is 35.3 Å². The normalized spacial score (nSPS) is 12.1. The molecule has 0 aliphatic heterocycles. The molecule has 0 radical (unpaired) electrons. The van der Waals surface area contributed by atoms with Crippen molar-refractivity contribution in [2.75, 3.05) is 0 Å². The largest absolute Gasteiger partial charge is 0.507 e. The minimum absolute atomic E-state index is 0.0981. The van der Waals surface area contributed by atoms with Gasteiger partial charge in [0.15, 0.2) is 0 Å². The predicted octanol–water partition coefficient (Wildman–Crippen LogP) is 5.37. The first-order chi connectivity index (χ1) is 10.2. The van der Waals surface area contributed by atoms with Crippen molar-refractivity contribution >= 4 is 11.9 Å². The minimum atomic E-state index is -0.0981. The molecule has 0 aliphatic rings. The molecule has 2 aromatic carbocycles. The van der Waals surface area contributed by atoms with Crippen LogP contribution >= 0.6 is 0 Å². The van der Waals surface area contributed by atoms with Gasteiger partial charge in [-0.2, -0.15) is 0 Å². The molecule has 22 heavy (non-hydrogen) atoms. The lowest BCUT2D eigenvalue weighted by Gasteiger charge is -2.22. The Hall–Kier alpha value is -2.09. The molecule has 0 aliphatic carbocycles. The number of nitrogens with zero attached hydrogens (tertiary/aromatic N) is 1. The van der Waals surface area contributed by atoms with Gasteiger partial charge in [0.05, 0.1) is 5.69 Å². The standard InChI is InChI=1S/C20H25NO/c1-13-9-16(19(22)18(10-13)20(4,5)6)12-21-17-8-7-14(2)15(3)11-17/h7-12,22H,1-6H3. The summed E-state index contributed by atoms with van der Waals surface area (Å²) in [6, 6.07) is 10.1. The minimum Gasteiger partial charge on any atom is -0.507 e. The molecule has 0 unspecified atom stereocenters. The third-order valence-corrected chi connectivity index (χ3v) is 3.93. The van der Waals surface area contributed by atoms with E-state index in [-0.39, 0.29) is 5.41 Å². The molecule has 2 rings (SSSR count). The lowest BCUT2D eigenvalue weighted by Crippen LogP contribution is -2.12. The van der Waals surface area contributed by atoms with Crippen molar-refractivity contribution in [3.05, 3.63) is 58.1 Å². The van der Waals surface area contributed by atoms with Crippen LogP contribution in [-0.2, 0) is 5.41 Å². The van der Waals surface area contributed by atoms with Crippen molar-refractivity contribution in [3.63, 3.8) is 0 Å². The maximum atomic E-state index is 10.5. The third-order valence-electron chi connectivity index (χ3n) is 3.93. The molecule has 0 heterocycles. The van der Waals surface area contributed by atoms with E-state index in [9.17, 15) is 5.11 Å². The zero-order valence-corrected chi connectivity index (χ0v) is 14.4. The first-order valence-corrected chi connectivity index (χ1v) is 7.64. The summed E-state index contributed by atoms with van der Waals surface area (Å²) < 4.78 is 0. The van der Waals surface area contributed by atoms with Crippen LogP contribution in [0, 0.1) is 20.8 Å². The number of aryl methyl sites for hydroxylation is 3. The second kappa shape index (κ2) is 5.96. The first kappa shape index (κ1) is 16.3. The number of hydrogen-bond acceptors (Lipinski definition) is 2. The Balaban J connectivity index is 2.43. The molecule has 2 nitrogen and oxygen atoms in total. The maximum absolute atomic E-state index is 10.5. The topological polar surface area (TPSA) is 32.6 Å². The fourth-order valence-corrected chi connectivity index (χ4v) is 2.43. The molecule has 116 valence electrons. The van der Waals surface area contributed by atoms with Gasteiger partial charge in [0.2, 0.25) is 0 Å². The molecule has 0 fully saturated rings. The monoisotopic (exact) mass is 295 g/mol. The number of benzene rings is 2. The van der Waals surface area contributed by atoms with Gasteiger partial charge < -0.3 is 5.11 Å².